The molecule has 1 unspecified atom stereocenters. The maximum atomic E-state index is 11.9. The average Bonchev–Trinajstić information content (AvgIpc) is 2.27. The van der Waals surface area contributed by atoms with E-state index >= 15 is 0 Å². The second-order valence-electron chi connectivity index (χ2n) is 5.14. The molecule has 94 valence electrons. The number of anilines is 1. The molecule has 0 aliphatic rings. The molecule has 1 aromatic heterocycles. The molecule has 4 N–H and O–H groups in total. The van der Waals surface area contributed by atoms with Gasteiger partial charge >= 0.3 is 0 Å². The molecule has 0 fully saturated rings. The van der Waals surface area contributed by atoms with Crippen molar-refractivity contribution in [1.29, 1.82) is 0 Å². The minimum atomic E-state index is -0.190. The molecule has 0 spiro atoms. The summed E-state index contributed by atoms with van der Waals surface area (Å²) in [5, 5.41) is 2.92. The normalized spacial score (nSPS) is 13.0. The molecule has 0 aromatic carbocycles. The molecule has 5 nitrogen and oxygen atoms in total. The van der Waals surface area contributed by atoms with Crippen molar-refractivity contribution in [2.45, 2.75) is 33.7 Å². The van der Waals surface area contributed by atoms with Gasteiger partial charge in [0.1, 0.15) is 5.69 Å². The highest BCUT2D eigenvalue weighted by Crippen LogP contribution is 2.18. The van der Waals surface area contributed by atoms with Crippen molar-refractivity contribution in [3.63, 3.8) is 0 Å². The van der Waals surface area contributed by atoms with Crippen LogP contribution in [0.5, 0.6) is 0 Å². The topological polar surface area (TPSA) is 80.0 Å². The van der Waals surface area contributed by atoms with Gasteiger partial charge in [0.2, 0.25) is 0 Å². The zero-order chi connectivity index (χ0) is 13.1. The first-order chi connectivity index (χ1) is 7.84. The zero-order valence-corrected chi connectivity index (χ0v) is 10.7. The van der Waals surface area contributed by atoms with Gasteiger partial charge in [-0.3, -0.25) is 15.6 Å². The van der Waals surface area contributed by atoms with Gasteiger partial charge in [0.05, 0.1) is 5.69 Å². The Morgan fingerprint density at radius 2 is 2.12 bits per heavy atom. The number of hydrogen-bond donors (Lipinski definition) is 3. The number of nitrogen functional groups attached to an aromatic ring is 1. The van der Waals surface area contributed by atoms with Crippen molar-refractivity contribution < 1.29 is 4.79 Å². The minimum absolute atomic E-state index is 0.0133. The van der Waals surface area contributed by atoms with Crippen LogP contribution in [0.2, 0.25) is 0 Å². The van der Waals surface area contributed by atoms with Crippen LogP contribution in [0.3, 0.4) is 0 Å². The van der Waals surface area contributed by atoms with Crippen molar-refractivity contribution in [3.05, 3.63) is 24.0 Å². The second-order valence-corrected chi connectivity index (χ2v) is 5.14. The first kappa shape index (κ1) is 13.4. The fourth-order valence-corrected chi connectivity index (χ4v) is 1.13. The van der Waals surface area contributed by atoms with E-state index in [0.717, 1.165) is 0 Å². The lowest BCUT2D eigenvalue weighted by molar-refractivity contribution is 0.0905. The predicted octanol–water partition coefficient (Wildman–Crippen LogP) is 1.53. The summed E-state index contributed by atoms with van der Waals surface area (Å²) in [6, 6.07) is 3.38. The fourth-order valence-electron chi connectivity index (χ4n) is 1.13. The van der Waals surface area contributed by atoms with Gasteiger partial charge in [0, 0.05) is 12.2 Å². The molecule has 1 aromatic rings. The maximum Gasteiger partial charge on any atom is 0.270 e. The van der Waals surface area contributed by atoms with Crippen molar-refractivity contribution in [2.75, 3.05) is 5.43 Å². The smallest absolute Gasteiger partial charge is 0.270 e. The van der Waals surface area contributed by atoms with Crippen molar-refractivity contribution in [2.24, 2.45) is 11.3 Å². The van der Waals surface area contributed by atoms with E-state index in [1.807, 2.05) is 6.92 Å². The number of hydrogen-bond acceptors (Lipinski definition) is 4. The molecular weight excluding hydrogens is 216 g/mol. The summed E-state index contributed by atoms with van der Waals surface area (Å²) in [6.45, 7) is 8.19. The van der Waals surface area contributed by atoms with Gasteiger partial charge in [-0.1, -0.05) is 20.8 Å². The van der Waals surface area contributed by atoms with Gasteiger partial charge in [-0.15, -0.1) is 0 Å². The minimum Gasteiger partial charge on any atom is -0.348 e. The Bertz CT molecular complexity index is 398. The van der Waals surface area contributed by atoms with E-state index in [4.69, 9.17) is 5.84 Å². The summed E-state index contributed by atoms with van der Waals surface area (Å²) in [5.41, 5.74) is 3.52. The molecule has 5 heteroatoms. The predicted molar refractivity (Wildman–Crippen MR) is 68.4 cm³/mol. The molecular formula is C12H20N4O. The molecule has 1 rings (SSSR count). The summed E-state index contributed by atoms with van der Waals surface area (Å²) < 4.78 is 0. The summed E-state index contributed by atoms with van der Waals surface area (Å²) in [5.74, 6) is 5.09. The van der Waals surface area contributed by atoms with E-state index in [-0.39, 0.29) is 17.4 Å². The van der Waals surface area contributed by atoms with Crippen LogP contribution < -0.4 is 16.6 Å². The molecule has 17 heavy (non-hydrogen) atoms. The van der Waals surface area contributed by atoms with Crippen molar-refractivity contribution in [3.8, 4) is 0 Å². The molecule has 0 aliphatic carbocycles. The maximum absolute atomic E-state index is 11.9. The first-order valence-electron chi connectivity index (χ1n) is 5.58. The summed E-state index contributed by atoms with van der Waals surface area (Å²) in [6.07, 6.45) is 1.55. The molecule has 1 atom stereocenters. The fraction of sp³-hybridized carbons (Fsp3) is 0.500. The molecule has 0 saturated heterocycles. The van der Waals surface area contributed by atoms with E-state index in [1.54, 1.807) is 18.3 Å². The number of nitrogens with zero attached hydrogens (tertiary/aromatic N) is 1. The number of amides is 1. The van der Waals surface area contributed by atoms with Gasteiger partial charge in [-0.05, 0) is 24.5 Å². The third-order valence-electron chi connectivity index (χ3n) is 2.81. The van der Waals surface area contributed by atoms with Gasteiger partial charge < -0.3 is 10.7 Å². The number of rotatable bonds is 3. The SMILES string of the molecule is CC(NC(=O)c1cc(NN)ccn1)C(C)(C)C. The Hall–Kier alpha value is -1.62. The third kappa shape index (κ3) is 3.71. The molecule has 1 heterocycles. The standard InChI is InChI=1S/C12H20N4O/c1-8(12(2,3)4)15-11(17)10-7-9(16-13)5-6-14-10/h5-8H,13H2,1-4H3,(H,14,16)(H,15,17). The van der Waals surface area contributed by atoms with E-state index in [9.17, 15) is 4.79 Å². The monoisotopic (exact) mass is 236 g/mol. The van der Waals surface area contributed by atoms with Crippen LogP contribution in [-0.4, -0.2) is 16.9 Å². The Morgan fingerprint density at radius 1 is 1.47 bits per heavy atom. The van der Waals surface area contributed by atoms with E-state index in [1.165, 1.54) is 0 Å². The van der Waals surface area contributed by atoms with Crippen LogP contribution in [0.15, 0.2) is 18.3 Å². The van der Waals surface area contributed by atoms with E-state index in [0.29, 0.717) is 11.4 Å². The number of carbonyl (C=O) groups excluding carboxylic acids is 1. The van der Waals surface area contributed by atoms with E-state index in [2.05, 4.69) is 36.5 Å². The number of hydrazine groups is 1. The number of carbonyl (C=O) groups is 1. The Kier molecular flexibility index (Phi) is 4.07. The number of nitrogens with two attached hydrogens (primary N) is 1. The third-order valence-corrected chi connectivity index (χ3v) is 2.81. The summed E-state index contributed by atoms with van der Waals surface area (Å²) >= 11 is 0. The van der Waals surface area contributed by atoms with Crippen LogP contribution >= 0.6 is 0 Å². The number of nitrogens with one attached hydrogen (secondary N) is 2. The molecule has 0 aliphatic heterocycles. The quantitative estimate of drug-likeness (QED) is 0.549. The van der Waals surface area contributed by atoms with Crippen LogP contribution in [0.1, 0.15) is 38.2 Å². The Morgan fingerprint density at radius 3 is 2.65 bits per heavy atom. The molecule has 1 amide bonds. The highest BCUT2D eigenvalue weighted by atomic mass is 16.1. The lowest BCUT2D eigenvalue weighted by Crippen LogP contribution is -2.41. The first-order valence-corrected chi connectivity index (χ1v) is 5.58. The highest BCUT2D eigenvalue weighted by Gasteiger charge is 2.22. The number of aromatic nitrogens is 1. The van der Waals surface area contributed by atoms with Crippen molar-refractivity contribution in [1.82, 2.24) is 10.3 Å². The zero-order valence-electron chi connectivity index (χ0n) is 10.7. The largest absolute Gasteiger partial charge is 0.348 e. The van der Waals surface area contributed by atoms with Crippen LogP contribution in [0, 0.1) is 5.41 Å². The van der Waals surface area contributed by atoms with Crippen LogP contribution in [0.4, 0.5) is 5.69 Å². The average molecular weight is 236 g/mol. The summed E-state index contributed by atoms with van der Waals surface area (Å²) in [4.78, 5) is 15.9. The van der Waals surface area contributed by atoms with Crippen molar-refractivity contribution >= 4 is 11.6 Å². The van der Waals surface area contributed by atoms with Gasteiger partial charge in [-0.25, -0.2) is 0 Å². The van der Waals surface area contributed by atoms with Gasteiger partial charge in [0.15, 0.2) is 0 Å². The van der Waals surface area contributed by atoms with E-state index < -0.39 is 0 Å². The summed E-state index contributed by atoms with van der Waals surface area (Å²) in [7, 11) is 0. The molecule has 0 bridgehead atoms. The van der Waals surface area contributed by atoms with Crippen LogP contribution in [0.25, 0.3) is 0 Å². The molecule has 0 radical (unpaired) electrons. The van der Waals surface area contributed by atoms with Crippen LogP contribution in [-0.2, 0) is 0 Å². The van der Waals surface area contributed by atoms with Gasteiger partial charge in [-0.2, -0.15) is 0 Å². The number of pyridine rings is 1. The lowest BCUT2D eigenvalue weighted by Gasteiger charge is -2.27. The second kappa shape index (κ2) is 5.14. The lowest BCUT2D eigenvalue weighted by atomic mass is 9.88. The Balaban J connectivity index is 2.76. The Labute approximate surface area is 102 Å². The molecule has 0 saturated carbocycles. The highest BCUT2D eigenvalue weighted by molar-refractivity contribution is 5.93. The van der Waals surface area contributed by atoms with Gasteiger partial charge in [0.25, 0.3) is 5.91 Å².